The van der Waals surface area contributed by atoms with Crippen LogP contribution in [0.5, 0.6) is 0 Å². The Kier molecular flexibility index (Phi) is 3.64. The van der Waals surface area contributed by atoms with Gasteiger partial charge in [0.25, 0.3) is 0 Å². The summed E-state index contributed by atoms with van der Waals surface area (Å²) in [6.07, 6.45) is 0.629. The Morgan fingerprint density at radius 3 is 2.35 bits per heavy atom. The van der Waals surface area contributed by atoms with Crippen LogP contribution in [0.2, 0.25) is 0 Å². The van der Waals surface area contributed by atoms with Gasteiger partial charge in [-0.3, -0.25) is 14.5 Å². The first-order valence-corrected chi connectivity index (χ1v) is 7.04. The van der Waals surface area contributed by atoms with Gasteiger partial charge in [-0.25, -0.2) is 9.78 Å². The van der Waals surface area contributed by atoms with Crippen molar-refractivity contribution >= 4 is 29.1 Å². The molecule has 1 aromatic heterocycles. The van der Waals surface area contributed by atoms with E-state index in [1.807, 2.05) is 13.8 Å². The minimum Gasteiger partial charge on any atom is -0.477 e. The average Bonchev–Trinajstić information content (AvgIpc) is 2.64. The number of piperidine rings is 1. The van der Waals surface area contributed by atoms with Crippen LogP contribution in [-0.4, -0.2) is 32.8 Å². The zero-order valence-electron chi connectivity index (χ0n) is 11.6. The molecule has 0 bridgehead atoms. The first-order chi connectivity index (χ1) is 9.19. The van der Waals surface area contributed by atoms with Crippen molar-refractivity contribution < 1.29 is 19.5 Å². The van der Waals surface area contributed by atoms with Crippen molar-refractivity contribution in [3.8, 4) is 0 Å². The second kappa shape index (κ2) is 4.97. The van der Waals surface area contributed by atoms with Crippen LogP contribution in [0.25, 0.3) is 0 Å². The quantitative estimate of drug-likeness (QED) is 0.860. The zero-order chi connectivity index (χ0) is 15.1. The van der Waals surface area contributed by atoms with Gasteiger partial charge in [-0.1, -0.05) is 13.8 Å². The molecule has 0 atom stereocenters. The number of likely N-dealkylation sites (tertiary alicyclic amines) is 1. The van der Waals surface area contributed by atoms with E-state index < -0.39 is 5.97 Å². The first kappa shape index (κ1) is 14.6. The standard InChI is InChI=1S/C13H16N2O4S/c1-7-11(12(18)19)20-8(14-7)6-15-9(16)4-13(2,3)5-10(15)17/h4-6H2,1-3H3,(H,18,19). The minimum absolute atomic E-state index is 0.0620. The molecule has 0 aliphatic carbocycles. The van der Waals surface area contributed by atoms with E-state index in [2.05, 4.69) is 4.98 Å². The highest BCUT2D eigenvalue weighted by Crippen LogP contribution is 2.32. The first-order valence-electron chi connectivity index (χ1n) is 6.22. The molecule has 2 heterocycles. The lowest BCUT2D eigenvalue weighted by molar-refractivity contribution is -0.153. The van der Waals surface area contributed by atoms with E-state index in [-0.39, 0.29) is 28.7 Å². The average molecular weight is 296 g/mol. The number of imide groups is 1. The van der Waals surface area contributed by atoms with Gasteiger partial charge in [0, 0.05) is 12.8 Å². The number of rotatable bonds is 3. The maximum Gasteiger partial charge on any atom is 0.347 e. The van der Waals surface area contributed by atoms with Crippen molar-refractivity contribution in [2.75, 3.05) is 0 Å². The molecule has 2 amide bonds. The monoisotopic (exact) mass is 296 g/mol. The SMILES string of the molecule is Cc1nc(CN2C(=O)CC(C)(C)CC2=O)sc1C(=O)O. The molecule has 6 nitrogen and oxygen atoms in total. The third-order valence-corrected chi connectivity index (χ3v) is 4.32. The number of thiazole rings is 1. The van der Waals surface area contributed by atoms with Gasteiger partial charge in [-0.15, -0.1) is 11.3 Å². The van der Waals surface area contributed by atoms with Crippen molar-refractivity contribution in [1.82, 2.24) is 9.88 Å². The molecule has 1 aliphatic heterocycles. The smallest absolute Gasteiger partial charge is 0.347 e. The lowest BCUT2D eigenvalue weighted by atomic mass is 9.82. The second-order valence-electron chi connectivity index (χ2n) is 5.72. The number of aromatic nitrogens is 1. The molecule has 108 valence electrons. The largest absolute Gasteiger partial charge is 0.477 e. The van der Waals surface area contributed by atoms with Gasteiger partial charge in [0.2, 0.25) is 11.8 Å². The van der Waals surface area contributed by atoms with E-state index in [0.717, 1.165) is 11.3 Å². The molecule has 1 fully saturated rings. The third kappa shape index (κ3) is 2.87. The molecule has 1 N–H and O–H groups in total. The highest BCUT2D eigenvalue weighted by atomic mass is 32.1. The number of aromatic carboxylic acids is 1. The van der Waals surface area contributed by atoms with E-state index in [9.17, 15) is 14.4 Å². The normalized spacial score (nSPS) is 18.4. The lowest BCUT2D eigenvalue weighted by Gasteiger charge is -2.34. The molecular weight excluding hydrogens is 280 g/mol. The number of carboxylic acids is 1. The van der Waals surface area contributed by atoms with Crippen molar-refractivity contribution in [3.63, 3.8) is 0 Å². The van der Waals surface area contributed by atoms with E-state index in [1.165, 1.54) is 4.90 Å². The van der Waals surface area contributed by atoms with E-state index >= 15 is 0 Å². The van der Waals surface area contributed by atoms with Crippen molar-refractivity contribution in [2.45, 2.75) is 40.2 Å². The number of nitrogens with zero attached hydrogens (tertiary/aromatic N) is 2. The maximum absolute atomic E-state index is 12.0. The predicted molar refractivity (Wildman–Crippen MR) is 72.4 cm³/mol. The summed E-state index contributed by atoms with van der Waals surface area (Å²) >= 11 is 1.01. The summed E-state index contributed by atoms with van der Waals surface area (Å²) in [5.41, 5.74) is 0.102. The van der Waals surface area contributed by atoms with Crippen LogP contribution in [0.1, 0.15) is 47.1 Å². The lowest BCUT2D eigenvalue weighted by Crippen LogP contribution is -2.45. The van der Waals surface area contributed by atoms with Crippen molar-refractivity contribution in [2.24, 2.45) is 5.41 Å². The van der Waals surface area contributed by atoms with Crippen LogP contribution in [0, 0.1) is 12.3 Å². The van der Waals surface area contributed by atoms with E-state index in [0.29, 0.717) is 23.5 Å². The number of hydrogen-bond acceptors (Lipinski definition) is 5. The van der Waals surface area contributed by atoms with Crippen LogP contribution in [0.3, 0.4) is 0 Å². The highest BCUT2D eigenvalue weighted by molar-refractivity contribution is 7.13. The fourth-order valence-corrected chi connectivity index (χ4v) is 3.13. The Bertz CT molecular complexity index is 571. The second-order valence-corrected chi connectivity index (χ2v) is 6.80. The summed E-state index contributed by atoms with van der Waals surface area (Å²) < 4.78 is 0. The summed E-state index contributed by atoms with van der Waals surface area (Å²) in [5.74, 6) is -1.49. The molecule has 0 spiro atoms. The molecule has 7 heteroatoms. The number of amides is 2. The molecule has 0 aromatic carbocycles. The number of aryl methyl sites for hydroxylation is 1. The van der Waals surface area contributed by atoms with Gasteiger partial charge in [0.1, 0.15) is 9.88 Å². The maximum atomic E-state index is 12.0. The van der Waals surface area contributed by atoms with Gasteiger partial charge >= 0.3 is 5.97 Å². The molecular formula is C13H16N2O4S. The fourth-order valence-electron chi connectivity index (χ4n) is 2.24. The summed E-state index contributed by atoms with van der Waals surface area (Å²) in [7, 11) is 0. The minimum atomic E-state index is -1.04. The summed E-state index contributed by atoms with van der Waals surface area (Å²) in [6, 6.07) is 0. The number of carbonyl (C=O) groups excluding carboxylic acids is 2. The number of carbonyl (C=O) groups is 3. The Hall–Kier alpha value is -1.76. The fraction of sp³-hybridized carbons (Fsp3) is 0.538. The van der Waals surface area contributed by atoms with E-state index in [4.69, 9.17) is 5.11 Å². The van der Waals surface area contributed by atoms with E-state index in [1.54, 1.807) is 6.92 Å². The van der Waals surface area contributed by atoms with Gasteiger partial charge in [-0.2, -0.15) is 0 Å². The van der Waals surface area contributed by atoms with Gasteiger partial charge in [-0.05, 0) is 12.3 Å². The Morgan fingerprint density at radius 1 is 1.35 bits per heavy atom. The molecule has 1 saturated heterocycles. The van der Waals surface area contributed by atoms with Crippen LogP contribution in [-0.2, 0) is 16.1 Å². The van der Waals surface area contributed by atoms with Crippen LogP contribution in [0.15, 0.2) is 0 Å². The molecule has 1 aromatic rings. The highest BCUT2D eigenvalue weighted by Gasteiger charge is 2.37. The topological polar surface area (TPSA) is 87.6 Å². The number of carboxylic acid groups (broad SMARTS) is 1. The Morgan fingerprint density at radius 2 is 1.90 bits per heavy atom. The Labute approximate surface area is 120 Å². The predicted octanol–water partition coefficient (Wildman–Crippen LogP) is 1.82. The molecule has 0 unspecified atom stereocenters. The third-order valence-electron chi connectivity index (χ3n) is 3.19. The van der Waals surface area contributed by atoms with Gasteiger partial charge in [0.05, 0.1) is 12.2 Å². The summed E-state index contributed by atoms with van der Waals surface area (Å²) in [4.78, 5) is 40.4. The van der Waals surface area contributed by atoms with Crippen molar-refractivity contribution in [1.29, 1.82) is 0 Å². The van der Waals surface area contributed by atoms with Crippen LogP contribution in [0.4, 0.5) is 0 Å². The zero-order valence-corrected chi connectivity index (χ0v) is 12.4. The summed E-state index contributed by atoms with van der Waals surface area (Å²) in [5, 5.41) is 9.45. The van der Waals surface area contributed by atoms with Crippen LogP contribution < -0.4 is 0 Å². The molecule has 2 rings (SSSR count). The molecule has 0 radical (unpaired) electrons. The molecule has 1 aliphatic rings. The Balaban J connectivity index is 2.18. The summed E-state index contributed by atoms with van der Waals surface area (Å²) in [6.45, 7) is 5.44. The van der Waals surface area contributed by atoms with Crippen LogP contribution >= 0.6 is 11.3 Å². The van der Waals surface area contributed by atoms with Crippen molar-refractivity contribution in [3.05, 3.63) is 15.6 Å². The number of hydrogen-bond donors (Lipinski definition) is 1. The van der Waals surface area contributed by atoms with Gasteiger partial charge in [0.15, 0.2) is 0 Å². The molecule has 20 heavy (non-hydrogen) atoms. The molecule has 0 saturated carbocycles. The van der Waals surface area contributed by atoms with Gasteiger partial charge < -0.3 is 5.11 Å².